The van der Waals surface area contributed by atoms with E-state index in [1.807, 2.05) is 13.1 Å². The molecule has 3 nitrogen and oxygen atoms in total. The van der Waals surface area contributed by atoms with E-state index < -0.39 is 0 Å². The largest absolute Gasteiger partial charge is 0.497 e. The van der Waals surface area contributed by atoms with Crippen LogP contribution < -0.4 is 10.1 Å². The molecule has 1 aliphatic rings. The van der Waals surface area contributed by atoms with E-state index in [-0.39, 0.29) is 0 Å². The predicted molar refractivity (Wildman–Crippen MR) is 75.0 cm³/mol. The molecule has 0 spiro atoms. The second-order valence-corrected chi connectivity index (χ2v) is 5.03. The lowest BCUT2D eigenvalue weighted by atomic mass is 10.0. The minimum Gasteiger partial charge on any atom is -0.497 e. The van der Waals surface area contributed by atoms with Crippen molar-refractivity contribution >= 4 is 0 Å². The predicted octanol–water partition coefficient (Wildman–Crippen LogP) is 2.27. The maximum Gasteiger partial charge on any atom is 0.119 e. The summed E-state index contributed by atoms with van der Waals surface area (Å²) < 4.78 is 5.29. The van der Waals surface area contributed by atoms with E-state index in [0.29, 0.717) is 6.04 Å². The van der Waals surface area contributed by atoms with Crippen LogP contribution in [0.5, 0.6) is 5.75 Å². The topological polar surface area (TPSA) is 24.5 Å². The van der Waals surface area contributed by atoms with Gasteiger partial charge in [-0.2, -0.15) is 0 Å². The number of likely N-dealkylation sites (N-methyl/N-ethyl adjacent to an activating group) is 1. The molecule has 0 aromatic heterocycles. The SMILES string of the molecule is CNCC1CCCCN1Cc1cccc(OC)c1. The van der Waals surface area contributed by atoms with Gasteiger partial charge in [-0.25, -0.2) is 0 Å². The molecule has 0 aliphatic carbocycles. The Kier molecular flexibility index (Phi) is 5.02. The van der Waals surface area contributed by atoms with Gasteiger partial charge in [0.1, 0.15) is 5.75 Å². The molecular formula is C15H24N2O. The van der Waals surface area contributed by atoms with Crippen LogP contribution >= 0.6 is 0 Å². The Morgan fingerprint density at radius 2 is 2.28 bits per heavy atom. The zero-order valence-corrected chi connectivity index (χ0v) is 11.5. The van der Waals surface area contributed by atoms with E-state index in [1.165, 1.54) is 31.4 Å². The number of hydrogen-bond acceptors (Lipinski definition) is 3. The average Bonchev–Trinajstić information content (AvgIpc) is 2.41. The lowest BCUT2D eigenvalue weighted by Crippen LogP contribution is -2.44. The van der Waals surface area contributed by atoms with Crippen LogP contribution in [0.1, 0.15) is 24.8 Å². The first-order chi connectivity index (χ1) is 8.83. The highest BCUT2D eigenvalue weighted by Crippen LogP contribution is 2.21. The Morgan fingerprint density at radius 3 is 3.06 bits per heavy atom. The van der Waals surface area contributed by atoms with Crippen molar-refractivity contribution in [1.82, 2.24) is 10.2 Å². The highest BCUT2D eigenvalue weighted by atomic mass is 16.5. The molecule has 1 aliphatic heterocycles. The molecule has 1 aromatic carbocycles. The lowest BCUT2D eigenvalue weighted by molar-refractivity contribution is 0.139. The molecule has 18 heavy (non-hydrogen) atoms. The Bertz CT molecular complexity index is 365. The summed E-state index contributed by atoms with van der Waals surface area (Å²) in [6.45, 7) is 3.33. The van der Waals surface area contributed by atoms with Gasteiger partial charge < -0.3 is 10.1 Å². The Hall–Kier alpha value is -1.06. The molecule has 1 unspecified atom stereocenters. The van der Waals surface area contributed by atoms with E-state index >= 15 is 0 Å². The number of methoxy groups -OCH3 is 1. The first-order valence-electron chi connectivity index (χ1n) is 6.85. The van der Waals surface area contributed by atoms with Crippen molar-refractivity contribution in [3.05, 3.63) is 29.8 Å². The quantitative estimate of drug-likeness (QED) is 0.865. The van der Waals surface area contributed by atoms with Gasteiger partial charge in [0.15, 0.2) is 0 Å². The Labute approximate surface area is 110 Å². The van der Waals surface area contributed by atoms with Crippen LogP contribution in [0.2, 0.25) is 0 Å². The molecular weight excluding hydrogens is 224 g/mol. The highest BCUT2D eigenvalue weighted by molar-refractivity contribution is 5.28. The van der Waals surface area contributed by atoms with Crippen molar-refractivity contribution in [2.24, 2.45) is 0 Å². The van der Waals surface area contributed by atoms with Crippen molar-refractivity contribution in [2.45, 2.75) is 31.8 Å². The van der Waals surface area contributed by atoms with Crippen molar-refractivity contribution in [3.63, 3.8) is 0 Å². The van der Waals surface area contributed by atoms with Gasteiger partial charge in [-0.15, -0.1) is 0 Å². The van der Waals surface area contributed by atoms with Crippen LogP contribution in [0.15, 0.2) is 24.3 Å². The number of likely N-dealkylation sites (tertiary alicyclic amines) is 1. The van der Waals surface area contributed by atoms with Gasteiger partial charge in [0, 0.05) is 19.1 Å². The summed E-state index contributed by atoms with van der Waals surface area (Å²) in [6, 6.07) is 9.09. The first kappa shape index (κ1) is 13.4. The summed E-state index contributed by atoms with van der Waals surface area (Å²) in [5.41, 5.74) is 1.34. The fraction of sp³-hybridized carbons (Fsp3) is 0.600. The van der Waals surface area contributed by atoms with Crippen LogP contribution in [0.4, 0.5) is 0 Å². The van der Waals surface area contributed by atoms with E-state index in [0.717, 1.165) is 18.8 Å². The smallest absolute Gasteiger partial charge is 0.119 e. The van der Waals surface area contributed by atoms with Gasteiger partial charge in [-0.05, 0) is 44.1 Å². The Balaban J connectivity index is 2.01. The summed E-state index contributed by atoms with van der Waals surface area (Å²) in [6.07, 6.45) is 4.00. The van der Waals surface area contributed by atoms with Crippen molar-refractivity contribution in [3.8, 4) is 5.75 Å². The number of hydrogen-bond donors (Lipinski definition) is 1. The monoisotopic (exact) mass is 248 g/mol. The van der Waals surface area contributed by atoms with E-state index in [9.17, 15) is 0 Å². The number of benzene rings is 1. The van der Waals surface area contributed by atoms with Gasteiger partial charge in [0.05, 0.1) is 7.11 Å². The third kappa shape index (κ3) is 3.47. The standard InChI is InChI=1S/C15H24N2O/c1-16-11-14-7-3-4-9-17(14)12-13-6-5-8-15(10-13)18-2/h5-6,8,10,14,16H,3-4,7,9,11-12H2,1-2H3. The second kappa shape index (κ2) is 6.76. The van der Waals surface area contributed by atoms with Crippen LogP contribution in [-0.2, 0) is 6.54 Å². The molecule has 1 fully saturated rings. The summed E-state index contributed by atoms with van der Waals surface area (Å²) in [5, 5.41) is 3.31. The molecule has 0 bridgehead atoms. The minimum absolute atomic E-state index is 0.676. The molecule has 3 heteroatoms. The van der Waals surface area contributed by atoms with E-state index in [1.54, 1.807) is 7.11 Å². The maximum absolute atomic E-state index is 5.29. The van der Waals surface area contributed by atoms with Crippen molar-refractivity contribution < 1.29 is 4.74 Å². The summed E-state index contributed by atoms with van der Waals surface area (Å²) >= 11 is 0. The van der Waals surface area contributed by atoms with Crippen LogP contribution in [0.3, 0.4) is 0 Å². The number of nitrogens with zero attached hydrogens (tertiary/aromatic N) is 1. The van der Waals surface area contributed by atoms with E-state index in [4.69, 9.17) is 4.74 Å². The highest BCUT2D eigenvalue weighted by Gasteiger charge is 2.21. The van der Waals surface area contributed by atoms with Gasteiger partial charge in [0.25, 0.3) is 0 Å². The zero-order valence-electron chi connectivity index (χ0n) is 11.5. The van der Waals surface area contributed by atoms with Crippen LogP contribution in [0, 0.1) is 0 Å². The molecule has 0 saturated carbocycles. The van der Waals surface area contributed by atoms with Crippen molar-refractivity contribution in [1.29, 1.82) is 0 Å². The number of rotatable bonds is 5. The lowest BCUT2D eigenvalue weighted by Gasteiger charge is -2.35. The molecule has 1 atom stereocenters. The molecule has 0 radical (unpaired) electrons. The summed E-state index contributed by atoms with van der Waals surface area (Å²) in [5.74, 6) is 0.953. The molecule has 100 valence electrons. The molecule has 0 amide bonds. The second-order valence-electron chi connectivity index (χ2n) is 5.03. The van der Waals surface area contributed by atoms with Gasteiger partial charge >= 0.3 is 0 Å². The third-order valence-corrected chi connectivity index (χ3v) is 3.71. The van der Waals surface area contributed by atoms with Crippen LogP contribution in [-0.4, -0.2) is 38.2 Å². The van der Waals surface area contributed by atoms with Gasteiger partial charge in [-0.1, -0.05) is 18.6 Å². The average molecular weight is 248 g/mol. The normalized spacial score (nSPS) is 20.9. The zero-order chi connectivity index (χ0) is 12.8. The van der Waals surface area contributed by atoms with Crippen LogP contribution in [0.25, 0.3) is 0 Å². The summed E-state index contributed by atoms with van der Waals surface area (Å²) in [7, 11) is 3.77. The Morgan fingerprint density at radius 1 is 1.39 bits per heavy atom. The number of ether oxygens (including phenoxy) is 1. The molecule has 1 heterocycles. The molecule has 1 saturated heterocycles. The number of piperidine rings is 1. The minimum atomic E-state index is 0.676. The molecule has 1 N–H and O–H groups in total. The van der Waals surface area contributed by atoms with Crippen molar-refractivity contribution in [2.75, 3.05) is 27.2 Å². The summed E-state index contributed by atoms with van der Waals surface area (Å²) in [4.78, 5) is 2.59. The first-order valence-corrected chi connectivity index (χ1v) is 6.85. The third-order valence-electron chi connectivity index (χ3n) is 3.71. The van der Waals surface area contributed by atoms with E-state index in [2.05, 4.69) is 28.4 Å². The van der Waals surface area contributed by atoms with Gasteiger partial charge in [0.2, 0.25) is 0 Å². The van der Waals surface area contributed by atoms with Gasteiger partial charge in [-0.3, -0.25) is 4.90 Å². The fourth-order valence-corrected chi connectivity index (χ4v) is 2.74. The molecule has 2 rings (SSSR count). The molecule has 1 aromatic rings. The maximum atomic E-state index is 5.29. The number of nitrogens with one attached hydrogen (secondary N) is 1. The fourth-order valence-electron chi connectivity index (χ4n) is 2.74.